The third kappa shape index (κ3) is 4.76. The van der Waals surface area contributed by atoms with Gasteiger partial charge in [-0.15, -0.1) is 0 Å². The first-order valence-corrected chi connectivity index (χ1v) is 9.55. The van der Waals surface area contributed by atoms with Crippen LogP contribution in [0, 0.1) is 12.7 Å². The quantitative estimate of drug-likeness (QED) is 0.592. The van der Waals surface area contributed by atoms with Gasteiger partial charge in [-0.25, -0.2) is 4.39 Å². The van der Waals surface area contributed by atoms with Crippen molar-refractivity contribution in [1.82, 2.24) is 5.32 Å². The molecule has 134 valence electrons. The van der Waals surface area contributed by atoms with Crippen LogP contribution < -0.4 is 5.32 Å². The summed E-state index contributed by atoms with van der Waals surface area (Å²) in [5.74, 6) is 1.59. The number of rotatable bonds is 7. The van der Waals surface area contributed by atoms with Crippen LogP contribution >= 0.6 is 11.8 Å². The summed E-state index contributed by atoms with van der Waals surface area (Å²) in [4.78, 5) is 12.1. The Hall–Kier alpha value is -2.53. The van der Waals surface area contributed by atoms with Gasteiger partial charge in [0.25, 0.3) is 5.91 Å². The Morgan fingerprint density at radius 3 is 2.62 bits per heavy atom. The summed E-state index contributed by atoms with van der Waals surface area (Å²) in [6.45, 7) is 2.61. The van der Waals surface area contributed by atoms with E-state index in [1.54, 1.807) is 42.1 Å². The molecule has 0 aliphatic rings. The van der Waals surface area contributed by atoms with Gasteiger partial charge >= 0.3 is 0 Å². The topological polar surface area (TPSA) is 42.2 Å². The van der Waals surface area contributed by atoms with E-state index in [0.29, 0.717) is 17.9 Å². The minimum atomic E-state index is -0.374. The largest absolute Gasteiger partial charge is 0.451 e. The van der Waals surface area contributed by atoms with Crippen molar-refractivity contribution in [3.8, 4) is 11.3 Å². The lowest BCUT2D eigenvalue weighted by Gasteiger charge is -2.04. The fourth-order valence-corrected chi connectivity index (χ4v) is 3.28. The molecule has 0 radical (unpaired) electrons. The van der Waals surface area contributed by atoms with E-state index in [1.807, 2.05) is 0 Å². The number of nitrogens with one attached hydrogen (secondary N) is 1. The number of halogens is 1. The Kier molecular flexibility index (Phi) is 6.12. The molecule has 0 atom stereocenters. The van der Waals surface area contributed by atoms with Gasteiger partial charge in [0.05, 0.1) is 5.56 Å². The van der Waals surface area contributed by atoms with Crippen molar-refractivity contribution in [2.45, 2.75) is 12.7 Å². The van der Waals surface area contributed by atoms with Gasteiger partial charge in [0.2, 0.25) is 0 Å². The summed E-state index contributed by atoms with van der Waals surface area (Å²) in [5, 5.41) is 2.83. The van der Waals surface area contributed by atoms with E-state index in [0.717, 1.165) is 11.5 Å². The summed E-state index contributed by atoms with van der Waals surface area (Å²) in [7, 11) is 0. The second kappa shape index (κ2) is 8.72. The molecule has 1 aromatic heterocycles. The predicted octanol–water partition coefficient (Wildman–Crippen LogP) is 5.06. The van der Waals surface area contributed by atoms with Gasteiger partial charge in [-0.2, -0.15) is 11.8 Å². The maximum atomic E-state index is 13.8. The van der Waals surface area contributed by atoms with Gasteiger partial charge in [0.1, 0.15) is 11.6 Å². The molecule has 0 fully saturated rings. The number of hydrogen-bond acceptors (Lipinski definition) is 3. The number of amides is 1. The molecular formula is C21H20FNO2S. The normalized spacial score (nSPS) is 10.7. The average molecular weight is 369 g/mol. The van der Waals surface area contributed by atoms with E-state index >= 15 is 0 Å². The fraction of sp³-hybridized carbons (Fsp3) is 0.190. The number of thioether (sulfide) groups is 1. The summed E-state index contributed by atoms with van der Waals surface area (Å²) < 4.78 is 19.3. The number of benzene rings is 2. The average Bonchev–Trinajstić information content (AvgIpc) is 3.13. The molecule has 2 aromatic carbocycles. The van der Waals surface area contributed by atoms with Gasteiger partial charge in [-0.3, -0.25) is 4.79 Å². The maximum Gasteiger partial charge on any atom is 0.287 e. The molecule has 3 nitrogen and oxygen atoms in total. The van der Waals surface area contributed by atoms with Crippen molar-refractivity contribution in [2.75, 3.05) is 12.3 Å². The van der Waals surface area contributed by atoms with E-state index in [1.165, 1.54) is 17.2 Å². The van der Waals surface area contributed by atoms with Crippen LogP contribution in [0.2, 0.25) is 0 Å². The molecule has 0 aliphatic heterocycles. The van der Waals surface area contributed by atoms with Gasteiger partial charge in [0.15, 0.2) is 5.76 Å². The van der Waals surface area contributed by atoms with Crippen molar-refractivity contribution in [3.05, 3.63) is 83.4 Å². The highest BCUT2D eigenvalue weighted by Gasteiger charge is 2.13. The molecule has 5 heteroatoms. The van der Waals surface area contributed by atoms with Crippen LogP contribution in [0.3, 0.4) is 0 Å². The number of hydrogen-bond donors (Lipinski definition) is 1. The lowest BCUT2D eigenvalue weighted by molar-refractivity contribution is 0.0929. The SMILES string of the molecule is Cc1ccc(CSCCNC(=O)c2ccc(-c3ccccc3F)o2)cc1. The van der Waals surface area contributed by atoms with Gasteiger partial charge in [0, 0.05) is 18.1 Å². The molecule has 0 aliphatic carbocycles. The van der Waals surface area contributed by atoms with Crippen LogP contribution in [0.15, 0.2) is 65.1 Å². The highest BCUT2D eigenvalue weighted by molar-refractivity contribution is 7.98. The zero-order valence-electron chi connectivity index (χ0n) is 14.5. The number of aryl methyl sites for hydroxylation is 1. The zero-order chi connectivity index (χ0) is 18.4. The van der Waals surface area contributed by atoms with Crippen molar-refractivity contribution in [2.24, 2.45) is 0 Å². The Balaban J connectivity index is 1.45. The molecule has 0 bridgehead atoms. The van der Waals surface area contributed by atoms with Gasteiger partial charge in [-0.1, -0.05) is 42.0 Å². The summed E-state index contributed by atoms with van der Waals surface area (Å²) in [6, 6.07) is 17.9. The Bertz CT molecular complexity index is 874. The lowest BCUT2D eigenvalue weighted by Crippen LogP contribution is -2.25. The zero-order valence-corrected chi connectivity index (χ0v) is 15.3. The van der Waals surface area contributed by atoms with Crippen LogP contribution in [0.25, 0.3) is 11.3 Å². The molecule has 0 spiro atoms. The van der Waals surface area contributed by atoms with Crippen molar-refractivity contribution in [1.29, 1.82) is 0 Å². The first-order valence-electron chi connectivity index (χ1n) is 8.40. The maximum absolute atomic E-state index is 13.8. The molecule has 1 N–H and O–H groups in total. The van der Waals surface area contributed by atoms with Gasteiger partial charge in [-0.05, 0) is 36.8 Å². The third-order valence-electron chi connectivity index (χ3n) is 3.89. The van der Waals surface area contributed by atoms with E-state index in [4.69, 9.17) is 4.42 Å². The van der Waals surface area contributed by atoms with Crippen LogP contribution in [0.5, 0.6) is 0 Å². The minimum Gasteiger partial charge on any atom is -0.451 e. The van der Waals surface area contributed by atoms with Crippen molar-refractivity contribution >= 4 is 17.7 Å². The van der Waals surface area contributed by atoms with Crippen LogP contribution in [0.1, 0.15) is 21.7 Å². The summed E-state index contributed by atoms with van der Waals surface area (Å²) >= 11 is 1.76. The lowest BCUT2D eigenvalue weighted by atomic mass is 10.1. The Morgan fingerprint density at radius 2 is 1.85 bits per heavy atom. The predicted molar refractivity (Wildman–Crippen MR) is 104 cm³/mol. The molecule has 0 saturated carbocycles. The highest BCUT2D eigenvalue weighted by Crippen LogP contribution is 2.24. The first kappa shape index (κ1) is 18.3. The highest BCUT2D eigenvalue weighted by atomic mass is 32.2. The smallest absolute Gasteiger partial charge is 0.287 e. The number of furan rings is 1. The van der Waals surface area contributed by atoms with Crippen molar-refractivity contribution in [3.63, 3.8) is 0 Å². The fourth-order valence-electron chi connectivity index (χ4n) is 2.46. The number of carbonyl (C=O) groups excluding carboxylic acids is 1. The van der Waals surface area contributed by atoms with E-state index < -0.39 is 0 Å². The summed E-state index contributed by atoms with van der Waals surface area (Å²) in [5.41, 5.74) is 2.87. The van der Waals surface area contributed by atoms with Crippen LogP contribution in [-0.2, 0) is 5.75 Å². The molecule has 1 heterocycles. The summed E-state index contributed by atoms with van der Waals surface area (Å²) in [6.07, 6.45) is 0. The molecule has 26 heavy (non-hydrogen) atoms. The van der Waals surface area contributed by atoms with Crippen LogP contribution in [-0.4, -0.2) is 18.2 Å². The standard InChI is InChI=1S/C21H20FNO2S/c1-15-6-8-16(9-7-15)14-26-13-12-23-21(24)20-11-10-19(25-20)17-4-2-3-5-18(17)22/h2-11H,12-14H2,1H3,(H,23,24). The molecule has 0 saturated heterocycles. The molecule has 0 unspecified atom stereocenters. The van der Waals surface area contributed by atoms with E-state index in [9.17, 15) is 9.18 Å². The third-order valence-corrected chi connectivity index (χ3v) is 4.92. The van der Waals surface area contributed by atoms with E-state index in [2.05, 4.69) is 36.5 Å². The second-order valence-corrected chi connectivity index (χ2v) is 7.04. The monoisotopic (exact) mass is 369 g/mol. The van der Waals surface area contributed by atoms with E-state index in [-0.39, 0.29) is 17.5 Å². The Morgan fingerprint density at radius 1 is 1.08 bits per heavy atom. The Labute approximate surface area is 156 Å². The second-order valence-electron chi connectivity index (χ2n) is 5.94. The minimum absolute atomic E-state index is 0.187. The van der Waals surface area contributed by atoms with Gasteiger partial charge < -0.3 is 9.73 Å². The van der Waals surface area contributed by atoms with Crippen molar-refractivity contribution < 1.29 is 13.6 Å². The molecule has 1 amide bonds. The molecule has 3 rings (SSSR count). The first-order chi connectivity index (χ1) is 12.6. The van der Waals surface area contributed by atoms with Crippen LogP contribution in [0.4, 0.5) is 4.39 Å². The molecular weight excluding hydrogens is 349 g/mol. The number of carbonyl (C=O) groups is 1. The molecule has 3 aromatic rings.